The van der Waals surface area contributed by atoms with Crippen molar-refractivity contribution in [3.8, 4) is 0 Å². The van der Waals surface area contributed by atoms with Crippen LogP contribution in [0.15, 0.2) is 0 Å². The van der Waals surface area contributed by atoms with Gasteiger partial charge in [-0.25, -0.2) is 4.39 Å². The number of halogens is 1. The molecule has 2 heteroatoms. The summed E-state index contributed by atoms with van der Waals surface area (Å²) in [6.07, 6.45) is 9.56. The topological polar surface area (TPSA) is 17.1 Å². The maximum Gasteiger partial charge on any atom is 0.133 e. The predicted octanol–water partition coefficient (Wildman–Crippen LogP) is 5.57. The Morgan fingerprint density at radius 2 is 1.61 bits per heavy atom. The summed E-state index contributed by atoms with van der Waals surface area (Å²) >= 11 is 0. The highest BCUT2D eigenvalue weighted by molar-refractivity contribution is 5.79. The van der Waals surface area contributed by atoms with E-state index in [-0.39, 0.29) is 5.41 Å². The molecule has 0 N–H and O–H groups in total. The van der Waals surface area contributed by atoms with Crippen LogP contribution < -0.4 is 0 Å². The third kappa shape index (κ3) is 2.19. The van der Waals surface area contributed by atoms with Crippen molar-refractivity contribution in [1.82, 2.24) is 0 Å². The zero-order valence-corrected chi connectivity index (χ0v) is 15.1. The van der Waals surface area contributed by atoms with Crippen molar-refractivity contribution in [2.75, 3.05) is 0 Å². The molecule has 4 saturated carbocycles. The van der Waals surface area contributed by atoms with Crippen molar-refractivity contribution in [1.29, 1.82) is 0 Å². The SMILES string of the molecule is CC(=O)[C@H]1CCC2C3CC[C@H]4C[C@@H](F)CC[C@]4(C)C3CC[C@@]21C. The van der Waals surface area contributed by atoms with Gasteiger partial charge in [0.05, 0.1) is 0 Å². The fourth-order valence-electron chi connectivity index (χ4n) is 7.87. The van der Waals surface area contributed by atoms with Gasteiger partial charge in [0.2, 0.25) is 0 Å². The van der Waals surface area contributed by atoms with Gasteiger partial charge in [0.25, 0.3) is 0 Å². The smallest absolute Gasteiger partial charge is 0.133 e. The average Bonchev–Trinajstić information content (AvgIpc) is 2.85. The Kier molecular flexibility index (Phi) is 3.71. The average molecular weight is 320 g/mol. The maximum absolute atomic E-state index is 13.9. The zero-order chi connectivity index (χ0) is 16.4. The van der Waals surface area contributed by atoms with E-state index in [1.54, 1.807) is 0 Å². The number of fused-ring (bicyclic) bond motifs is 5. The minimum atomic E-state index is -0.549. The first kappa shape index (κ1) is 16.1. The van der Waals surface area contributed by atoms with Crippen LogP contribution in [-0.2, 0) is 4.79 Å². The van der Waals surface area contributed by atoms with Gasteiger partial charge in [-0.15, -0.1) is 0 Å². The van der Waals surface area contributed by atoms with Crippen molar-refractivity contribution >= 4 is 5.78 Å². The normalized spacial score (nSPS) is 55.7. The van der Waals surface area contributed by atoms with Gasteiger partial charge in [-0.3, -0.25) is 4.79 Å². The molecule has 8 atom stereocenters. The molecule has 3 unspecified atom stereocenters. The summed E-state index contributed by atoms with van der Waals surface area (Å²) in [5.74, 6) is 3.68. The molecule has 0 bridgehead atoms. The summed E-state index contributed by atoms with van der Waals surface area (Å²) in [7, 11) is 0. The lowest BCUT2D eigenvalue weighted by Crippen LogP contribution is -2.54. The molecule has 0 saturated heterocycles. The summed E-state index contributed by atoms with van der Waals surface area (Å²) in [5.41, 5.74) is 0.634. The van der Waals surface area contributed by atoms with Crippen LogP contribution >= 0.6 is 0 Å². The second kappa shape index (κ2) is 5.30. The van der Waals surface area contributed by atoms with Crippen LogP contribution in [0.3, 0.4) is 0 Å². The number of ketones is 1. The fourth-order valence-corrected chi connectivity index (χ4v) is 7.87. The molecular weight excluding hydrogens is 287 g/mol. The highest BCUT2D eigenvalue weighted by Gasteiger charge is 2.60. The number of rotatable bonds is 1. The first-order valence-electron chi connectivity index (χ1n) is 10.0. The molecular formula is C21H33FO. The van der Waals surface area contributed by atoms with Crippen LogP contribution in [0, 0.1) is 40.4 Å². The van der Waals surface area contributed by atoms with Crippen molar-refractivity contribution < 1.29 is 9.18 Å². The lowest BCUT2D eigenvalue weighted by Gasteiger charge is -2.60. The Morgan fingerprint density at radius 1 is 0.913 bits per heavy atom. The molecule has 130 valence electrons. The van der Waals surface area contributed by atoms with Gasteiger partial charge < -0.3 is 0 Å². The Balaban J connectivity index is 1.61. The van der Waals surface area contributed by atoms with E-state index in [9.17, 15) is 9.18 Å². The Hall–Kier alpha value is -0.400. The minimum Gasteiger partial charge on any atom is -0.300 e. The monoisotopic (exact) mass is 320 g/mol. The number of alkyl halides is 1. The van der Waals surface area contributed by atoms with E-state index < -0.39 is 6.17 Å². The molecule has 0 aromatic rings. The quantitative estimate of drug-likeness (QED) is 0.617. The molecule has 4 aliphatic carbocycles. The Bertz CT molecular complexity index is 502. The Labute approximate surface area is 140 Å². The standard InChI is InChI=1S/C21H33FO/c1-13(23)17-6-7-18-16-5-4-14-12-15(22)8-10-20(14,2)19(16)9-11-21(17,18)3/h14-19H,4-12H2,1-3H3/t14-,15-,16?,17+,18?,19?,20-,21+/m0/s1. The van der Waals surface area contributed by atoms with Gasteiger partial charge in [-0.05, 0) is 99.2 Å². The van der Waals surface area contributed by atoms with Crippen LogP contribution in [0.5, 0.6) is 0 Å². The molecule has 4 rings (SSSR count). The van der Waals surface area contributed by atoms with Crippen molar-refractivity contribution in [3.63, 3.8) is 0 Å². The first-order chi connectivity index (χ1) is 10.9. The summed E-state index contributed by atoms with van der Waals surface area (Å²) in [6, 6.07) is 0. The summed E-state index contributed by atoms with van der Waals surface area (Å²) in [4.78, 5) is 12.2. The molecule has 23 heavy (non-hydrogen) atoms. The van der Waals surface area contributed by atoms with E-state index >= 15 is 0 Å². The third-order valence-electron chi connectivity index (χ3n) is 9.09. The van der Waals surface area contributed by atoms with Gasteiger partial charge in [-0.2, -0.15) is 0 Å². The van der Waals surface area contributed by atoms with E-state index in [1.807, 2.05) is 6.92 Å². The number of Topliss-reactive ketones (excluding diaryl/α,β-unsaturated/α-hetero) is 1. The summed E-state index contributed by atoms with van der Waals surface area (Å²) < 4.78 is 13.9. The molecule has 1 nitrogen and oxygen atoms in total. The second-order valence-electron chi connectivity index (χ2n) is 9.81. The Morgan fingerprint density at radius 3 is 2.35 bits per heavy atom. The molecule has 0 heterocycles. The number of carbonyl (C=O) groups excluding carboxylic acids is 1. The molecule has 4 aliphatic rings. The molecule has 4 fully saturated rings. The highest BCUT2D eigenvalue weighted by atomic mass is 19.1. The van der Waals surface area contributed by atoms with Crippen LogP contribution in [0.1, 0.15) is 78.6 Å². The highest BCUT2D eigenvalue weighted by Crippen LogP contribution is 2.67. The van der Waals surface area contributed by atoms with Crippen LogP contribution in [0.2, 0.25) is 0 Å². The van der Waals surface area contributed by atoms with Gasteiger partial charge >= 0.3 is 0 Å². The van der Waals surface area contributed by atoms with E-state index in [4.69, 9.17) is 0 Å². The third-order valence-corrected chi connectivity index (χ3v) is 9.09. The maximum atomic E-state index is 13.9. The van der Waals surface area contributed by atoms with Gasteiger partial charge in [0.1, 0.15) is 12.0 Å². The number of hydrogen-bond acceptors (Lipinski definition) is 1. The van der Waals surface area contributed by atoms with Crippen molar-refractivity contribution in [3.05, 3.63) is 0 Å². The largest absolute Gasteiger partial charge is 0.300 e. The lowest BCUT2D eigenvalue weighted by atomic mass is 9.44. The minimum absolute atomic E-state index is 0.257. The van der Waals surface area contributed by atoms with E-state index in [0.29, 0.717) is 23.0 Å². The van der Waals surface area contributed by atoms with Crippen LogP contribution in [0.4, 0.5) is 4.39 Å². The number of hydrogen-bond donors (Lipinski definition) is 0. The predicted molar refractivity (Wildman–Crippen MR) is 90.8 cm³/mol. The van der Waals surface area contributed by atoms with Gasteiger partial charge in [0.15, 0.2) is 0 Å². The number of carbonyl (C=O) groups is 1. The van der Waals surface area contributed by atoms with Gasteiger partial charge in [-0.1, -0.05) is 13.8 Å². The molecule has 0 aromatic heterocycles. The van der Waals surface area contributed by atoms with E-state index in [1.165, 1.54) is 32.1 Å². The summed E-state index contributed by atoms with van der Waals surface area (Å²) in [6.45, 7) is 6.71. The van der Waals surface area contributed by atoms with Crippen LogP contribution in [-0.4, -0.2) is 12.0 Å². The molecule has 0 radical (unpaired) electrons. The van der Waals surface area contributed by atoms with Crippen molar-refractivity contribution in [2.45, 2.75) is 84.7 Å². The van der Waals surface area contributed by atoms with E-state index in [0.717, 1.165) is 43.4 Å². The molecule has 0 aliphatic heterocycles. The van der Waals surface area contributed by atoms with Crippen LogP contribution in [0.25, 0.3) is 0 Å². The van der Waals surface area contributed by atoms with E-state index in [2.05, 4.69) is 13.8 Å². The first-order valence-corrected chi connectivity index (χ1v) is 10.0. The molecule has 0 spiro atoms. The molecule has 0 aromatic carbocycles. The summed E-state index contributed by atoms with van der Waals surface area (Å²) in [5, 5.41) is 0. The van der Waals surface area contributed by atoms with Crippen molar-refractivity contribution in [2.24, 2.45) is 40.4 Å². The fraction of sp³-hybridized carbons (Fsp3) is 0.952. The second-order valence-corrected chi connectivity index (χ2v) is 9.81. The van der Waals surface area contributed by atoms with Gasteiger partial charge in [0, 0.05) is 5.92 Å². The lowest BCUT2D eigenvalue weighted by molar-refractivity contribution is -0.135. The zero-order valence-electron chi connectivity index (χ0n) is 15.1. The molecule has 0 amide bonds.